The quantitative estimate of drug-likeness (QED) is 0.256. The lowest BCUT2D eigenvalue weighted by Crippen LogP contribution is -2.66. The van der Waals surface area contributed by atoms with Crippen LogP contribution in [-0.2, 0) is 24.4 Å². The fourth-order valence-corrected chi connectivity index (χ4v) is 9.67. The monoisotopic (exact) mass is 835 g/mol. The summed E-state index contributed by atoms with van der Waals surface area (Å²) in [5.74, 6) is -3.72. The minimum atomic E-state index is -5.09. The lowest BCUT2D eigenvalue weighted by molar-refractivity contribution is -0.222. The van der Waals surface area contributed by atoms with Crippen molar-refractivity contribution in [2.45, 2.75) is 127 Å². The Morgan fingerprint density at radius 1 is 1.12 bits per heavy atom. The second-order valence-electron chi connectivity index (χ2n) is 16.5. The van der Waals surface area contributed by atoms with Crippen LogP contribution in [0, 0.1) is 17.8 Å². The average molecular weight is 836 g/mol. The molecular formula is C40H52F3N5O9S. The lowest BCUT2D eigenvalue weighted by Gasteiger charge is -2.46. The molecule has 3 N–H and O–H groups in total. The standard InChI is InChI=1S/C40H52F3N5O9S/c1-6-24-18-23(3)10-8-9-11-26-21-39(26,36(51)46-58(54,55)29-13-14-29)45-33(49)31-20-28(57-34-30-15-12-27(56-7-2)19-25(30)16-17-44-34)22-47(31)35(50)32(24)48(37(52)53)38(4,5)40(41,42)43/h9,11-12,15-17,19,23-24,26,28-29,31-32H,6-8,10,13-14,18,20-22H2,1-5H3,(H,45,49)(H,46,51)(H,52,53)/t23-,24+,26+,28+,31-,32-,39+/m0/s1. The summed E-state index contributed by atoms with van der Waals surface area (Å²) in [7, 11) is -4.02. The van der Waals surface area contributed by atoms with E-state index in [1.54, 1.807) is 37.3 Å². The number of amides is 4. The fraction of sp³-hybridized carbons (Fsp3) is 0.625. The van der Waals surface area contributed by atoms with Crippen molar-refractivity contribution in [1.29, 1.82) is 0 Å². The maximum Gasteiger partial charge on any atom is 0.411 e. The molecule has 4 aliphatic rings. The molecule has 318 valence electrons. The van der Waals surface area contributed by atoms with Crippen LogP contribution in [0.15, 0.2) is 42.6 Å². The van der Waals surface area contributed by atoms with E-state index in [1.165, 1.54) is 6.20 Å². The first-order valence-corrected chi connectivity index (χ1v) is 21.4. The normalized spacial score (nSPS) is 28.4. The highest BCUT2D eigenvalue weighted by Crippen LogP contribution is 2.47. The van der Waals surface area contributed by atoms with Gasteiger partial charge in [-0.25, -0.2) is 18.2 Å². The van der Waals surface area contributed by atoms with Gasteiger partial charge in [0.2, 0.25) is 27.7 Å². The number of benzene rings is 1. The summed E-state index contributed by atoms with van der Waals surface area (Å²) in [5.41, 5.74) is -4.72. The Morgan fingerprint density at radius 2 is 1.84 bits per heavy atom. The number of ether oxygens (including phenoxy) is 2. The fourth-order valence-electron chi connectivity index (χ4n) is 8.31. The SMILES string of the molecule is CCOc1ccc2c(O[C@@H]3C[C@H]4C(=O)N[C@]5(C(=O)NS(=O)(=O)C6CC6)C[C@H]5C=CCC[C@H](C)C[C@@H](CC)[C@H](N(C(=O)O)C(C)(C)C(F)(F)F)C(=O)N4C3)nccc2c1. The molecule has 6 rings (SSSR count). The predicted molar refractivity (Wildman–Crippen MR) is 206 cm³/mol. The first-order chi connectivity index (χ1) is 27.2. The minimum absolute atomic E-state index is 0.0637. The molecule has 2 aromatic rings. The number of halogens is 3. The number of allylic oxidation sites excluding steroid dienone is 1. The number of carboxylic acid groups (broad SMARTS) is 1. The van der Waals surface area contributed by atoms with E-state index >= 15 is 4.79 Å². The molecule has 2 aliphatic heterocycles. The van der Waals surface area contributed by atoms with Crippen molar-refractivity contribution in [2.75, 3.05) is 13.2 Å². The van der Waals surface area contributed by atoms with Gasteiger partial charge in [-0.05, 0) is 101 Å². The molecule has 2 saturated carbocycles. The van der Waals surface area contributed by atoms with Gasteiger partial charge in [-0.3, -0.25) is 24.0 Å². The van der Waals surface area contributed by atoms with Crippen LogP contribution in [0.3, 0.4) is 0 Å². The molecule has 2 aliphatic carbocycles. The maximum absolute atomic E-state index is 15.1. The number of carbonyl (C=O) groups excluding carboxylic acids is 3. The minimum Gasteiger partial charge on any atom is -0.494 e. The number of fused-ring (bicyclic) bond motifs is 3. The average Bonchev–Trinajstić information content (AvgIpc) is 4.07. The number of rotatable bonds is 10. The summed E-state index contributed by atoms with van der Waals surface area (Å²) >= 11 is 0. The Kier molecular flexibility index (Phi) is 12.0. The topological polar surface area (TPSA) is 185 Å². The number of alkyl halides is 3. The molecule has 18 heteroatoms. The number of hydrogen-bond acceptors (Lipinski definition) is 9. The van der Waals surface area contributed by atoms with Gasteiger partial charge in [-0.15, -0.1) is 0 Å². The molecule has 58 heavy (non-hydrogen) atoms. The van der Waals surface area contributed by atoms with Crippen LogP contribution >= 0.6 is 0 Å². The van der Waals surface area contributed by atoms with Gasteiger partial charge in [-0.2, -0.15) is 13.2 Å². The third-order valence-corrected chi connectivity index (χ3v) is 13.8. The maximum atomic E-state index is 15.1. The molecule has 3 fully saturated rings. The molecule has 1 aromatic heterocycles. The van der Waals surface area contributed by atoms with E-state index in [4.69, 9.17) is 9.47 Å². The highest BCUT2D eigenvalue weighted by molar-refractivity contribution is 7.91. The summed E-state index contributed by atoms with van der Waals surface area (Å²) in [5, 5.41) is 13.8. The highest BCUT2D eigenvalue weighted by atomic mass is 32.2. The van der Waals surface area contributed by atoms with Crippen LogP contribution in [0.4, 0.5) is 18.0 Å². The van der Waals surface area contributed by atoms with Gasteiger partial charge in [0, 0.05) is 23.9 Å². The number of aromatic nitrogens is 1. The third kappa shape index (κ3) is 8.57. The summed E-state index contributed by atoms with van der Waals surface area (Å²) in [6, 6.07) is 3.66. The smallest absolute Gasteiger partial charge is 0.411 e. The Hall–Kier alpha value is -4.61. The zero-order chi connectivity index (χ0) is 42.4. The Morgan fingerprint density at radius 3 is 2.48 bits per heavy atom. The molecule has 1 saturated heterocycles. The summed E-state index contributed by atoms with van der Waals surface area (Å²) in [6.07, 6.45) is -0.976. The van der Waals surface area contributed by atoms with Crippen molar-refractivity contribution in [2.24, 2.45) is 17.8 Å². The van der Waals surface area contributed by atoms with Gasteiger partial charge in [0.1, 0.15) is 35.0 Å². The molecule has 14 nitrogen and oxygen atoms in total. The molecule has 1 aromatic carbocycles. The van der Waals surface area contributed by atoms with Crippen LogP contribution in [0.5, 0.6) is 11.6 Å². The first-order valence-electron chi connectivity index (χ1n) is 19.9. The second-order valence-corrected chi connectivity index (χ2v) is 18.5. The third-order valence-electron chi connectivity index (χ3n) is 12.0. The van der Waals surface area contributed by atoms with Gasteiger partial charge >= 0.3 is 12.3 Å². The van der Waals surface area contributed by atoms with Crippen molar-refractivity contribution in [3.8, 4) is 11.6 Å². The van der Waals surface area contributed by atoms with Crippen LogP contribution < -0.4 is 19.5 Å². The van der Waals surface area contributed by atoms with E-state index in [-0.39, 0.29) is 48.9 Å². The van der Waals surface area contributed by atoms with Gasteiger partial charge in [0.15, 0.2) is 0 Å². The molecule has 0 bridgehead atoms. The van der Waals surface area contributed by atoms with E-state index in [2.05, 4.69) is 15.0 Å². The van der Waals surface area contributed by atoms with Gasteiger partial charge in [0.05, 0.1) is 18.4 Å². The molecular weight excluding hydrogens is 784 g/mol. The van der Waals surface area contributed by atoms with Crippen molar-refractivity contribution < 1.29 is 55.3 Å². The van der Waals surface area contributed by atoms with Gasteiger partial charge in [0.25, 0.3) is 5.91 Å². The first kappa shape index (κ1) is 43.0. The molecule has 0 unspecified atom stereocenters. The molecule has 4 amide bonds. The van der Waals surface area contributed by atoms with Crippen LogP contribution in [0.2, 0.25) is 0 Å². The van der Waals surface area contributed by atoms with Crippen molar-refractivity contribution >= 4 is 44.6 Å². The Balaban J connectivity index is 1.43. The zero-order valence-electron chi connectivity index (χ0n) is 33.3. The van der Waals surface area contributed by atoms with Gasteiger partial charge < -0.3 is 24.8 Å². The second kappa shape index (κ2) is 16.2. The number of carbonyl (C=O) groups is 4. The summed E-state index contributed by atoms with van der Waals surface area (Å²) in [6.45, 7) is 6.91. The number of pyridine rings is 1. The summed E-state index contributed by atoms with van der Waals surface area (Å²) in [4.78, 5) is 62.1. The van der Waals surface area contributed by atoms with E-state index in [9.17, 15) is 41.1 Å². The highest BCUT2D eigenvalue weighted by Gasteiger charge is 2.63. The molecule has 7 atom stereocenters. The number of sulfonamides is 1. The number of nitrogens with one attached hydrogen (secondary N) is 2. The summed E-state index contributed by atoms with van der Waals surface area (Å²) < 4.78 is 84.2. The molecule has 0 radical (unpaired) electrons. The Bertz CT molecular complexity index is 2060. The zero-order valence-corrected chi connectivity index (χ0v) is 34.1. The molecule has 3 heterocycles. The van der Waals surface area contributed by atoms with E-state index in [1.807, 2.05) is 19.9 Å². The Labute approximate surface area is 335 Å². The van der Waals surface area contributed by atoms with Crippen molar-refractivity contribution in [3.05, 3.63) is 42.6 Å². The number of nitrogens with zero attached hydrogens (tertiary/aromatic N) is 3. The van der Waals surface area contributed by atoms with Gasteiger partial charge in [-0.1, -0.05) is 32.4 Å². The van der Waals surface area contributed by atoms with Crippen LogP contribution in [0.25, 0.3) is 10.8 Å². The molecule has 0 spiro atoms. The van der Waals surface area contributed by atoms with Crippen LogP contribution in [0.1, 0.15) is 86.0 Å². The number of hydrogen-bond donors (Lipinski definition) is 3. The van der Waals surface area contributed by atoms with E-state index in [0.717, 1.165) is 4.90 Å². The largest absolute Gasteiger partial charge is 0.494 e. The van der Waals surface area contributed by atoms with E-state index < -0.39 is 86.4 Å². The predicted octanol–water partition coefficient (Wildman–Crippen LogP) is 5.56. The van der Waals surface area contributed by atoms with E-state index in [0.29, 0.717) is 62.7 Å². The van der Waals surface area contributed by atoms with Crippen molar-refractivity contribution in [1.82, 2.24) is 24.8 Å². The lowest BCUT2D eigenvalue weighted by atomic mass is 9.82. The van der Waals surface area contributed by atoms with Crippen molar-refractivity contribution in [3.63, 3.8) is 0 Å². The van der Waals surface area contributed by atoms with Crippen LogP contribution in [-0.4, -0.2) is 106 Å².